The Hall–Kier alpha value is -1.23. The van der Waals surface area contributed by atoms with Crippen LogP contribution in [0.3, 0.4) is 0 Å². The SMILES string of the molecule is CCOC(=O)C(F)Sc1cccc(OC)c1. The molecule has 0 aromatic heterocycles. The number of rotatable bonds is 5. The average molecular weight is 244 g/mol. The van der Waals surface area contributed by atoms with E-state index in [0.717, 1.165) is 11.8 Å². The molecule has 0 amide bonds. The topological polar surface area (TPSA) is 35.5 Å². The van der Waals surface area contributed by atoms with Crippen molar-refractivity contribution in [3.05, 3.63) is 24.3 Å². The maximum Gasteiger partial charge on any atom is 0.351 e. The van der Waals surface area contributed by atoms with Crippen LogP contribution in [-0.2, 0) is 9.53 Å². The maximum absolute atomic E-state index is 13.4. The average Bonchev–Trinajstić information content (AvgIpc) is 2.29. The molecule has 88 valence electrons. The van der Waals surface area contributed by atoms with Gasteiger partial charge in [-0.25, -0.2) is 9.18 Å². The first-order chi connectivity index (χ1) is 7.67. The molecule has 0 aliphatic carbocycles. The fraction of sp³-hybridized carbons (Fsp3) is 0.364. The molecular formula is C11H13FO3S. The van der Waals surface area contributed by atoms with Gasteiger partial charge in [0.25, 0.3) is 0 Å². The minimum atomic E-state index is -1.70. The van der Waals surface area contributed by atoms with Gasteiger partial charge >= 0.3 is 5.97 Å². The van der Waals surface area contributed by atoms with Crippen LogP contribution in [0.4, 0.5) is 4.39 Å². The lowest BCUT2D eigenvalue weighted by Gasteiger charge is -2.08. The number of halogens is 1. The number of hydrogen-bond acceptors (Lipinski definition) is 4. The molecular weight excluding hydrogens is 231 g/mol. The third-order valence-corrected chi connectivity index (χ3v) is 2.68. The van der Waals surface area contributed by atoms with E-state index in [1.54, 1.807) is 31.2 Å². The van der Waals surface area contributed by atoms with Crippen LogP contribution in [0.5, 0.6) is 5.75 Å². The van der Waals surface area contributed by atoms with Gasteiger partial charge in [-0.1, -0.05) is 17.8 Å². The minimum absolute atomic E-state index is 0.178. The second-order valence-corrected chi connectivity index (χ2v) is 3.99. The predicted octanol–water partition coefficient (Wildman–Crippen LogP) is 2.65. The molecule has 0 N–H and O–H groups in total. The lowest BCUT2D eigenvalue weighted by Crippen LogP contribution is -2.15. The molecule has 0 radical (unpaired) electrons. The van der Waals surface area contributed by atoms with E-state index in [1.807, 2.05) is 0 Å². The molecule has 0 bridgehead atoms. The van der Waals surface area contributed by atoms with Crippen molar-refractivity contribution in [3.63, 3.8) is 0 Å². The summed E-state index contributed by atoms with van der Waals surface area (Å²) in [6, 6.07) is 6.86. The number of carbonyl (C=O) groups excluding carboxylic acids is 1. The first-order valence-electron chi connectivity index (χ1n) is 4.78. The maximum atomic E-state index is 13.4. The van der Waals surface area contributed by atoms with Crippen molar-refractivity contribution in [1.82, 2.24) is 0 Å². The molecule has 5 heteroatoms. The largest absolute Gasteiger partial charge is 0.497 e. The Balaban J connectivity index is 2.61. The van der Waals surface area contributed by atoms with Crippen molar-refractivity contribution in [3.8, 4) is 5.75 Å². The van der Waals surface area contributed by atoms with Crippen LogP contribution in [0.2, 0.25) is 0 Å². The van der Waals surface area contributed by atoms with Gasteiger partial charge < -0.3 is 9.47 Å². The molecule has 1 atom stereocenters. The van der Waals surface area contributed by atoms with Gasteiger partial charge in [-0.05, 0) is 25.1 Å². The van der Waals surface area contributed by atoms with Crippen LogP contribution in [-0.4, -0.2) is 25.2 Å². The second kappa shape index (κ2) is 6.37. The zero-order valence-corrected chi connectivity index (χ0v) is 9.92. The third kappa shape index (κ3) is 3.73. The summed E-state index contributed by atoms with van der Waals surface area (Å²) in [6.45, 7) is 1.82. The Kier molecular flexibility index (Phi) is 5.11. The van der Waals surface area contributed by atoms with E-state index < -0.39 is 11.5 Å². The quantitative estimate of drug-likeness (QED) is 0.589. The zero-order chi connectivity index (χ0) is 12.0. The minimum Gasteiger partial charge on any atom is -0.497 e. The zero-order valence-electron chi connectivity index (χ0n) is 9.10. The van der Waals surface area contributed by atoms with E-state index in [1.165, 1.54) is 7.11 Å². The number of hydrogen-bond donors (Lipinski definition) is 0. The molecule has 0 spiro atoms. The molecule has 0 saturated carbocycles. The van der Waals surface area contributed by atoms with Gasteiger partial charge in [-0.2, -0.15) is 0 Å². The normalized spacial score (nSPS) is 11.9. The molecule has 1 aromatic carbocycles. The first-order valence-corrected chi connectivity index (χ1v) is 5.66. The fourth-order valence-electron chi connectivity index (χ4n) is 1.05. The van der Waals surface area contributed by atoms with Crippen LogP contribution >= 0.6 is 11.8 Å². The highest BCUT2D eigenvalue weighted by atomic mass is 32.2. The number of ether oxygens (including phenoxy) is 2. The van der Waals surface area contributed by atoms with Gasteiger partial charge in [0.1, 0.15) is 5.75 Å². The van der Waals surface area contributed by atoms with Crippen LogP contribution < -0.4 is 4.74 Å². The summed E-state index contributed by atoms with van der Waals surface area (Å²) in [5, 5.41) is 0. The Labute approximate surface area is 97.9 Å². The number of alkyl halides is 1. The van der Waals surface area contributed by atoms with E-state index >= 15 is 0 Å². The van der Waals surface area contributed by atoms with E-state index in [9.17, 15) is 9.18 Å². The summed E-state index contributed by atoms with van der Waals surface area (Å²) < 4.78 is 22.9. The Bertz CT molecular complexity index is 357. The van der Waals surface area contributed by atoms with Gasteiger partial charge in [0, 0.05) is 4.90 Å². The molecule has 0 heterocycles. The lowest BCUT2D eigenvalue weighted by atomic mass is 10.3. The smallest absolute Gasteiger partial charge is 0.351 e. The number of methoxy groups -OCH3 is 1. The molecule has 0 saturated heterocycles. The fourth-order valence-corrected chi connectivity index (χ4v) is 1.79. The monoisotopic (exact) mass is 244 g/mol. The van der Waals surface area contributed by atoms with E-state index in [-0.39, 0.29) is 6.61 Å². The molecule has 16 heavy (non-hydrogen) atoms. The lowest BCUT2D eigenvalue weighted by molar-refractivity contribution is -0.145. The Morgan fingerprint density at radius 2 is 2.31 bits per heavy atom. The molecule has 1 rings (SSSR count). The molecule has 0 aliphatic rings. The highest BCUT2D eigenvalue weighted by Gasteiger charge is 2.19. The van der Waals surface area contributed by atoms with E-state index in [2.05, 4.69) is 4.74 Å². The standard InChI is InChI=1S/C11H13FO3S/c1-3-15-11(13)10(12)16-9-6-4-5-8(7-9)14-2/h4-7,10H,3H2,1-2H3. The summed E-state index contributed by atoms with van der Waals surface area (Å²) in [5.74, 6) is -0.226. The molecule has 1 unspecified atom stereocenters. The van der Waals surface area contributed by atoms with Crippen molar-refractivity contribution < 1.29 is 18.7 Å². The highest BCUT2D eigenvalue weighted by Crippen LogP contribution is 2.27. The van der Waals surface area contributed by atoms with Crippen molar-refractivity contribution in [2.75, 3.05) is 13.7 Å². The van der Waals surface area contributed by atoms with Gasteiger partial charge in [0.2, 0.25) is 5.50 Å². The van der Waals surface area contributed by atoms with Crippen molar-refractivity contribution in [2.45, 2.75) is 17.3 Å². The number of esters is 1. The summed E-state index contributed by atoms with van der Waals surface area (Å²) >= 11 is 0.800. The van der Waals surface area contributed by atoms with Gasteiger partial charge in [-0.15, -0.1) is 0 Å². The van der Waals surface area contributed by atoms with Gasteiger partial charge in [-0.3, -0.25) is 0 Å². The van der Waals surface area contributed by atoms with Gasteiger partial charge in [0.15, 0.2) is 0 Å². The van der Waals surface area contributed by atoms with E-state index in [4.69, 9.17) is 4.74 Å². The molecule has 1 aromatic rings. The van der Waals surface area contributed by atoms with Crippen LogP contribution in [0.25, 0.3) is 0 Å². The van der Waals surface area contributed by atoms with Gasteiger partial charge in [0.05, 0.1) is 13.7 Å². The van der Waals surface area contributed by atoms with Crippen molar-refractivity contribution in [2.24, 2.45) is 0 Å². The van der Waals surface area contributed by atoms with Crippen LogP contribution in [0.1, 0.15) is 6.92 Å². The molecule has 0 fully saturated rings. The third-order valence-electron chi connectivity index (χ3n) is 1.75. The first kappa shape index (κ1) is 12.8. The Morgan fingerprint density at radius 3 is 2.94 bits per heavy atom. The second-order valence-electron chi connectivity index (χ2n) is 2.86. The highest BCUT2D eigenvalue weighted by molar-refractivity contribution is 8.00. The number of benzene rings is 1. The van der Waals surface area contributed by atoms with Crippen molar-refractivity contribution in [1.29, 1.82) is 0 Å². The van der Waals surface area contributed by atoms with Crippen LogP contribution in [0, 0.1) is 0 Å². The van der Waals surface area contributed by atoms with Crippen molar-refractivity contribution >= 4 is 17.7 Å². The number of carbonyl (C=O) groups is 1. The summed E-state index contributed by atoms with van der Waals surface area (Å²) in [7, 11) is 1.53. The summed E-state index contributed by atoms with van der Waals surface area (Å²) in [6.07, 6.45) is 0. The molecule has 3 nitrogen and oxygen atoms in total. The summed E-state index contributed by atoms with van der Waals surface area (Å²) in [5.41, 5.74) is -1.70. The number of thioether (sulfide) groups is 1. The predicted molar refractivity (Wildman–Crippen MR) is 60.4 cm³/mol. The summed E-state index contributed by atoms with van der Waals surface area (Å²) in [4.78, 5) is 11.7. The van der Waals surface area contributed by atoms with Crippen LogP contribution in [0.15, 0.2) is 29.2 Å². The van der Waals surface area contributed by atoms with E-state index in [0.29, 0.717) is 10.6 Å². The molecule has 0 aliphatic heterocycles. The Morgan fingerprint density at radius 1 is 1.56 bits per heavy atom.